The lowest BCUT2D eigenvalue weighted by atomic mass is 9.96. The largest absolute Gasteiger partial charge is 0.354 e. The zero-order valence-electron chi connectivity index (χ0n) is 17.3. The van der Waals surface area contributed by atoms with E-state index in [0.717, 1.165) is 41.9 Å². The molecule has 1 aliphatic heterocycles. The Bertz CT molecular complexity index is 1050. The molecule has 0 saturated carbocycles. The van der Waals surface area contributed by atoms with E-state index in [1.807, 2.05) is 38.1 Å². The smallest absolute Gasteiger partial charge is 0.268 e. The lowest BCUT2D eigenvalue weighted by Gasteiger charge is -2.36. The number of H-pyrrole nitrogens is 2. The maximum atomic E-state index is 12.9. The first-order valence-electron chi connectivity index (χ1n) is 10.0. The molecule has 4 rings (SSSR count). The van der Waals surface area contributed by atoms with Gasteiger partial charge in [0.1, 0.15) is 11.5 Å². The molecule has 1 fully saturated rings. The van der Waals surface area contributed by atoms with Crippen LogP contribution in [0.3, 0.4) is 0 Å². The minimum atomic E-state index is -0.156. The SMILES string of the molecule is CC(=O)c1c(C)[nH]c(C(=O)N[C@@H]2CCN(C)[C@@H](c3nc4ccccc4[nH]3)C2)c1C. The van der Waals surface area contributed by atoms with Gasteiger partial charge in [0, 0.05) is 23.8 Å². The van der Waals surface area contributed by atoms with Gasteiger partial charge in [0.25, 0.3) is 5.91 Å². The zero-order chi connectivity index (χ0) is 20.7. The third-order valence-corrected chi connectivity index (χ3v) is 5.95. The molecule has 2 aromatic heterocycles. The summed E-state index contributed by atoms with van der Waals surface area (Å²) in [5, 5.41) is 3.16. The van der Waals surface area contributed by atoms with Gasteiger partial charge >= 0.3 is 0 Å². The molecule has 1 aliphatic rings. The molecule has 3 N–H and O–H groups in total. The number of fused-ring (bicyclic) bond motifs is 1. The van der Waals surface area contributed by atoms with Gasteiger partial charge in [0.05, 0.1) is 17.1 Å². The van der Waals surface area contributed by atoms with Gasteiger partial charge in [-0.15, -0.1) is 0 Å². The van der Waals surface area contributed by atoms with E-state index >= 15 is 0 Å². The number of hydrogen-bond donors (Lipinski definition) is 3. The van der Waals surface area contributed by atoms with Crippen LogP contribution in [-0.4, -0.2) is 51.2 Å². The van der Waals surface area contributed by atoms with E-state index < -0.39 is 0 Å². The summed E-state index contributed by atoms with van der Waals surface area (Å²) in [5.74, 6) is 0.744. The fourth-order valence-electron chi connectivity index (χ4n) is 4.43. The van der Waals surface area contributed by atoms with Crippen LogP contribution < -0.4 is 5.32 Å². The fraction of sp³-hybridized carbons (Fsp3) is 0.409. The summed E-state index contributed by atoms with van der Waals surface area (Å²) in [6.07, 6.45) is 1.65. The van der Waals surface area contributed by atoms with Crippen molar-refractivity contribution in [3.63, 3.8) is 0 Å². The minimum Gasteiger partial charge on any atom is -0.354 e. The second-order valence-electron chi connectivity index (χ2n) is 8.01. The molecule has 7 nitrogen and oxygen atoms in total. The first kappa shape index (κ1) is 19.4. The monoisotopic (exact) mass is 393 g/mol. The number of benzene rings is 1. The number of likely N-dealkylation sites (tertiary alicyclic amines) is 1. The van der Waals surface area contributed by atoms with E-state index in [0.29, 0.717) is 16.8 Å². The summed E-state index contributed by atoms with van der Waals surface area (Å²) in [6, 6.07) is 8.16. The number of piperidine rings is 1. The molecule has 0 aliphatic carbocycles. The number of nitrogens with zero attached hydrogens (tertiary/aromatic N) is 2. The predicted octanol–water partition coefficient (Wildman–Crippen LogP) is 3.28. The van der Waals surface area contributed by atoms with Gasteiger partial charge in [-0.05, 0) is 58.4 Å². The summed E-state index contributed by atoms with van der Waals surface area (Å²) in [6.45, 7) is 6.04. The van der Waals surface area contributed by atoms with Crippen molar-refractivity contribution < 1.29 is 9.59 Å². The molecule has 1 aromatic carbocycles. The van der Waals surface area contributed by atoms with Gasteiger partial charge in [-0.2, -0.15) is 0 Å². The number of carbonyl (C=O) groups excluding carboxylic acids is 2. The number of nitrogens with one attached hydrogen (secondary N) is 3. The Morgan fingerprint density at radius 1 is 1.21 bits per heavy atom. The summed E-state index contributed by atoms with van der Waals surface area (Å²) in [4.78, 5) is 38.3. The molecule has 1 amide bonds. The molecule has 1 saturated heterocycles. The van der Waals surface area contributed by atoms with E-state index in [2.05, 4.69) is 27.2 Å². The number of para-hydroxylation sites is 2. The Balaban J connectivity index is 1.52. The van der Waals surface area contributed by atoms with Crippen LogP contribution >= 0.6 is 0 Å². The van der Waals surface area contributed by atoms with Crippen LogP contribution in [-0.2, 0) is 0 Å². The van der Waals surface area contributed by atoms with Crippen LogP contribution in [0.2, 0.25) is 0 Å². The van der Waals surface area contributed by atoms with Crippen molar-refractivity contribution in [2.24, 2.45) is 0 Å². The summed E-state index contributed by atoms with van der Waals surface area (Å²) in [7, 11) is 2.09. The van der Waals surface area contributed by atoms with Crippen LogP contribution in [0.4, 0.5) is 0 Å². The highest BCUT2D eigenvalue weighted by molar-refractivity contribution is 6.02. The van der Waals surface area contributed by atoms with Crippen LogP contribution in [0.15, 0.2) is 24.3 Å². The van der Waals surface area contributed by atoms with Gasteiger partial charge < -0.3 is 15.3 Å². The molecule has 29 heavy (non-hydrogen) atoms. The number of carbonyl (C=O) groups is 2. The Morgan fingerprint density at radius 2 is 1.97 bits per heavy atom. The maximum Gasteiger partial charge on any atom is 0.268 e. The lowest BCUT2D eigenvalue weighted by Crippen LogP contribution is -2.45. The van der Waals surface area contributed by atoms with E-state index in [1.54, 1.807) is 0 Å². The number of rotatable bonds is 4. The molecule has 0 bridgehead atoms. The third kappa shape index (κ3) is 3.58. The molecule has 7 heteroatoms. The topological polar surface area (TPSA) is 93.9 Å². The molecule has 0 spiro atoms. The number of aryl methyl sites for hydroxylation is 1. The average molecular weight is 393 g/mol. The van der Waals surface area contributed by atoms with Crippen LogP contribution in [0.5, 0.6) is 0 Å². The number of amides is 1. The van der Waals surface area contributed by atoms with Crippen LogP contribution in [0, 0.1) is 13.8 Å². The first-order valence-corrected chi connectivity index (χ1v) is 10.0. The number of hydrogen-bond acceptors (Lipinski definition) is 4. The number of aromatic nitrogens is 3. The van der Waals surface area contributed by atoms with Crippen LogP contribution in [0.25, 0.3) is 11.0 Å². The number of Topliss-reactive ketones (excluding diaryl/α,β-unsaturated/α-hetero) is 1. The Hall–Kier alpha value is -2.93. The van der Waals surface area contributed by atoms with E-state index in [4.69, 9.17) is 4.98 Å². The van der Waals surface area contributed by atoms with E-state index in [9.17, 15) is 9.59 Å². The average Bonchev–Trinajstić information content (AvgIpc) is 3.23. The van der Waals surface area contributed by atoms with Crippen molar-refractivity contribution in [1.29, 1.82) is 0 Å². The summed E-state index contributed by atoms with van der Waals surface area (Å²) in [5.41, 5.74) is 4.52. The number of imidazole rings is 1. The molecule has 0 unspecified atom stereocenters. The highest BCUT2D eigenvalue weighted by Crippen LogP contribution is 2.30. The highest BCUT2D eigenvalue weighted by Gasteiger charge is 2.31. The Labute approximate surface area is 169 Å². The Kier molecular flexibility index (Phi) is 5.00. The molecular weight excluding hydrogens is 366 g/mol. The third-order valence-electron chi connectivity index (χ3n) is 5.95. The number of aromatic amines is 2. The molecule has 152 valence electrons. The molecule has 3 aromatic rings. The van der Waals surface area contributed by atoms with Crippen molar-refractivity contribution in [2.45, 2.75) is 45.7 Å². The first-order chi connectivity index (χ1) is 13.8. The quantitative estimate of drug-likeness (QED) is 0.593. The second kappa shape index (κ2) is 7.48. The minimum absolute atomic E-state index is 0.0282. The van der Waals surface area contributed by atoms with Gasteiger partial charge in [-0.25, -0.2) is 4.98 Å². The molecule has 0 radical (unpaired) electrons. The van der Waals surface area contributed by atoms with Crippen LogP contribution in [0.1, 0.15) is 63.7 Å². The second-order valence-corrected chi connectivity index (χ2v) is 8.01. The summed E-state index contributed by atoms with van der Waals surface area (Å²) >= 11 is 0. The molecule has 3 heterocycles. The van der Waals surface area contributed by atoms with Crippen molar-refractivity contribution in [3.8, 4) is 0 Å². The maximum absolute atomic E-state index is 12.9. The van der Waals surface area contributed by atoms with E-state index in [-0.39, 0.29) is 23.8 Å². The normalized spacial score (nSPS) is 20.1. The standard InChI is InChI=1S/C22H27N5O2/c1-12-19(14(3)28)13(2)23-20(12)22(29)24-15-9-10-27(4)18(11-15)21-25-16-7-5-6-8-17(16)26-21/h5-8,15,18,23H,9-11H2,1-4H3,(H,24,29)(H,25,26)/t15-,18-/m1/s1. The van der Waals surface area contributed by atoms with Gasteiger partial charge in [-0.1, -0.05) is 12.1 Å². The highest BCUT2D eigenvalue weighted by atomic mass is 16.2. The molecule has 2 atom stereocenters. The lowest BCUT2D eigenvalue weighted by molar-refractivity contribution is 0.0879. The predicted molar refractivity (Wildman–Crippen MR) is 112 cm³/mol. The van der Waals surface area contributed by atoms with Crippen molar-refractivity contribution >= 4 is 22.7 Å². The van der Waals surface area contributed by atoms with Gasteiger partial charge in [0.15, 0.2) is 5.78 Å². The fourth-order valence-corrected chi connectivity index (χ4v) is 4.43. The van der Waals surface area contributed by atoms with Crippen molar-refractivity contribution in [3.05, 3.63) is 52.6 Å². The number of ketones is 1. The molecular formula is C22H27N5O2. The van der Waals surface area contributed by atoms with Crippen molar-refractivity contribution in [2.75, 3.05) is 13.6 Å². The van der Waals surface area contributed by atoms with E-state index in [1.165, 1.54) is 6.92 Å². The Morgan fingerprint density at radius 3 is 2.66 bits per heavy atom. The van der Waals surface area contributed by atoms with Gasteiger partial charge in [-0.3, -0.25) is 14.5 Å². The van der Waals surface area contributed by atoms with Crippen molar-refractivity contribution in [1.82, 2.24) is 25.2 Å². The summed E-state index contributed by atoms with van der Waals surface area (Å²) < 4.78 is 0. The zero-order valence-corrected chi connectivity index (χ0v) is 17.3. The van der Waals surface area contributed by atoms with Gasteiger partial charge in [0.2, 0.25) is 0 Å².